The fraction of sp³-hybridized carbons (Fsp3) is 0.174. The highest BCUT2D eigenvalue weighted by Gasteiger charge is 2.13. The molecular weight excluding hydrogens is 388 g/mol. The molecule has 0 fully saturated rings. The van der Waals surface area contributed by atoms with Crippen LogP contribution in [-0.4, -0.2) is 11.9 Å². The standard InChI is InChI=1S/C23H24N2O3.ClH/c24-20(23(25)26)13-19-11-12-21(27-15-17-7-3-1-4-8-17)22(14-19)28-16-18-9-5-2-6-10-18;/h1-12,14,20H,13,15-16,24H2,(H2,25,26);1H. The van der Waals surface area contributed by atoms with Crippen molar-refractivity contribution < 1.29 is 14.3 Å². The van der Waals surface area contributed by atoms with Gasteiger partial charge in [0.25, 0.3) is 0 Å². The van der Waals surface area contributed by atoms with Crippen LogP contribution in [0.2, 0.25) is 0 Å². The number of ether oxygens (including phenoxy) is 2. The Balaban J connectivity index is 0.00000300. The van der Waals surface area contributed by atoms with Crippen LogP contribution < -0.4 is 20.9 Å². The van der Waals surface area contributed by atoms with Crippen molar-refractivity contribution in [2.75, 3.05) is 0 Å². The van der Waals surface area contributed by atoms with Gasteiger partial charge < -0.3 is 20.9 Å². The molecule has 3 aromatic carbocycles. The number of rotatable bonds is 9. The lowest BCUT2D eigenvalue weighted by Crippen LogP contribution is -2.38. The zero-order valence-electron chi connectivity index (χ0n) is 16.0. The maximum Gasteiger partial charge on any atom is 0.234 e. The molecule has 0 aliphatic carbocycles. The van der Waals surface area contributed by atoms with E-state index >= 15 is 0 Å². The first kappa shape index (κ1) is 22.3. The Morgan fingerprint density at radius 2 is 1.28 bits per heavy atom. The van der Waals surface area contributed by atoms with Crippen molar-refractivity contribution in [3.63, 3.8) is 0 Å². The lowest BCUT2D eigenvalue weighted by Gasteiger charge is -2.15. The summed E-state index contributed by atoms with van der Waals surface area (Å²) in [6.07, 6.45) is 0.343. The molecule has 3 aromatic rings. The van der Waals surface area contributed by atoms with E-state index in [2.05, 4.69) is 0 Å². The number of primary amides is 1. The molecule has 0 spiro atoms. The predicted molar refractivity (Wildman–Crippen MR) is 116 cm³/mol. The summed E-state index contributed by atoms with van der Waals surface area (Å²) < 4.78 is 12.0. The van der Waals surface area contributed by atoms with Gasteiger partial charge in [0.05, 0.1) is 6.04 Å². The molecule has 5 nitrogen and oxygen atoms in total. The number of hydrogen-bond acceptors (Lipinski definition) is 4. The van der Waals surface area contributed by atoms with E-state index in [1.54, 1.807) is 0 Å². The first-order chi connectivity index (χ1) is 13.6. The van der Waals surface area contributed by atoms with Crippen LogP contribution in [0.3, 0.4) is 0 Å². The van der Waals surface area contributed by atoms with E-state index in [0.717, 1.165) is 16.7 Å². The van der Waals surface area contributed by atoms with E-state index in [9.17, 15) is 4.79 Å². The van der Waals surface area contributed by atoms with Crippen molar-refractivity contribution in [1.29, 1.82) is 0 Å². The summed E-state index contributed by atoms with van der Waals surface area (Å²) in [6, 6.07) is 24.6. The molecule has 0 saturated carbocycles. The molecule has 0 heterocycles. The summed E-state index contributed by atoms with van der Waals surface area (Å²) in [7, 11) is 0. The predicted octanol–water partition coefficient (Wildman–Crippen LogP) is 3.62. The molecular formula is C23H25ClN2O3. The number of benzene rings is 3. The topological polar surface area (TPSA) is 87.6 Å². The zero-order chi connectivity index (χ0) is 19.8. The van der Waals surface area contributed by atoms with Gasteiger partial charge in [-0.25, -0.2) is 0 Å². The van der Waals surface area contributed by atoms with E-state index in [0.29, 0.717) is 31.1 Å². The summed E-state index contributed by atoms with van der Waals surface area (Å²) in [5.41, 5.74) is 14.0. The number of halogens is 1. The molecule has 29 heavy (non-hydrogen) atoms. The van der Waals surface area contributed by atoms with E-state index < -0.39 is 11.9 Å². The van der Waals surface area contributed by atoms with Crippen molar-refractivity contribution in [2.45, 2.75) is 25.7 Å². The number of carbonyl (C=O) groups excluding carboxylic acids is 1. The number of nitrogens with two attached hydrogens (primary N) is 2. The highest BCUT2D eigenvalue weighted by molar-refractivity contribution is 5.85. The number of hydrogen-bond donors (Lipinski definition) is 2. The highest BCUT2D eigenvalue weighted by atomic mass is 35.5. The van der Waals surface area contributed by atoms with Gasteiger partial charge in [-0.1, -0.05) is 66.7 Å². The molecule has 0 bridgehead atoms. The Morgan fingerprint density at radius 1 is 0.759 bits per heavy atom. The quantitative estimate of drug-likeness (QED) is 0.561. The fourth-order valence-electron chi connectivity index (χ4n) is 2.74. The van der Waals surface area contributed by atoms with E-state index in [4.69, 9.17) is 20.9 Å². The monoisotopic (exact) mass is 412 g/mol. The molecule has 1 amide bonds. The molecule has 1 atom stereocenters. The number of amides is 1. The third-order valence-corrected chi connectivity index (χ3v) is 4.30. The molecule has 0 saturated heterocycles. The van der Waals surface area contributed by atoms with Crippen molar-refractivity contribution in [2.24, 2.45) is 11.5 Å². The normalized spacial score (nSPS) is 11.2. The zero-order valence-corrected chi connectivity index (χ0v) is 16.8. The first-order valence-corrected chi connectivity index (χ1v) is 9.13. The Morgan fingerprint density at radius 3 is 1.79 bits per heavy atom. The minimum Gasteiger partial charge on any atom is -0.485 e. The van der Waals surface area contributed by atoms with Gasteiger partial charge in [-0.05, 0) is 35.2 Å². The third-order valence-electron chi connectivity index (χ3n) is 4.30. The molecule has 3 rings (SSSR count). The summed E-state index contributed by atoms with van der Waals surface area (Å²) in [4.78, 5) is 11.3. The van der Waals surface area contributed by atoms with Gasteiger partial charge in [0.2, 0.25) is 5.91 Å². The smallest absolute Gasteiger partial charge is 0.234 e. The molecule has 0 radical (unpaired) electrons. The summed E-state index contributed by atoms with van der Waals surface area (Å²) in [5, 5.41) is 0. The summed E-state index contributed by atoms with van der Waals surface area (Å²) in [6.45, 7) is 0.844. The second-order valence-electron chi connectivity index (χ2n) is 6.54. The summed E-state index contributed by atoms with van der Waals surface area (Å²) in [5.74, 6) is 0.710. The molecule has 6 heteroatoms. The van der Waals surface area contributed by atoms with E-state index in [-0.39, 0.29) is 12.4 Å². The van der Waals surface area contributed by atoms with Crippen LogP contribution in [0.15, 0.2) is 78.9 Å². The largest absolute Gasteiger partial charge is 0.485 e. The maximum atomic E-state index is 11.3. The van der Waals surface area contributed by atoms with Crippen LogP contribution in [-0.2, 0) is 24.4 Å². The Labute approximate surface area is 177 Å². The SMILES string of the molecule is Cl.NC(=O)C(N)Cc1ccc(OCc2ccccc2)c(OCc2ccccc2)c1. The molecule has 1 unspecified atom stereocenters. The van der Waals surface area contributed by atoms with Crippen molar-refractivity contribution in [3.8, 4) is 11.5 Å². The Bertz CT molecular complexity index is 905. The van der Waals surface area contributed by atoms with Crippen molar-refractivity contribution in [3.05, 3.63) is 95.6 Å². The van der Waals surface area contributed by atoms with Gasteiger partial charge in [-0.3, -0.25) is 4.79 Å². The second-order valence-corrected chi connectivity index (χ2v) is 6.54. The number of carbonyl (C=O) groups is 1. The van der Waals surface area contributed by atoms with Crippen LogP contribution in [0, 0.1) is 0 Å². The van der Waals surface area contributed by atoms with Crippen LogP contribution in [0.1, 0.15) is 16.7 Å². The average molecular weight is 413 g/mol. The van der Waals surface area contributed by atoms with E-state index in [1.807, 2.05) is 78.9 Å². The third kappa shape index (κ3) is 6.82. The average Bonchev–Trinajstić information content (AvgIpc) is 2.73. The minimum absolute atomic E-state index is 0. The molecule has 0 aliphatic heterocycles. The lowest BCUT2D eigenvalue weighted by molar-refractivity contribution is -0.119. The van der Waals surface area contributed by atoms with E-state index in [1.165, 1.54) is 0 Å². The van der Waals surface area contributed by atoms with Crippen LogP contribution in [0.25, 0.3) is 0 Å². The highest BCUT2D eigenvalue weighted by Crippen LogP contribution is 2.30. The molecule has 4 N–H and O–H groups in total. The molecule has 0 aromatic heterocycles. The van der Waals surface area contributed by atoms with Gasteiger partial charge in [-0.2, -0.15) is 0 Å². The Kier molecular flexibility index (Phi) is 8.52. The Hall–Kier alpha value is -3.02. The van der Waals surface area contributed by atoms with Crippen molar-refractivity contribution in [1.82, 2.24) is 0 Å². The van der Waals surface area contributed by atoms with Crippen molar-refractivity contribution >= 4 is 18.3 Å². The van der Waals surface area contributed by atoms with Gasteiger partial charge in [0, 0.05) is 0 Å². The second kappa shape index (κ2) is 11.1. The van der Waals surface area contributed by atoms with Gasteiger partial charge in [0.1, 0.15) is 13.2 Å². The molecule has 0 aliphatic rings. The van der Waals surface area contributed by atoms with Crippen LogP contribution >= 0.6 is 12.4 Å². The van der Waals surface area contributed by atoms with Gasteiger partial charge in [-0.15, -0.1) is 12.4 Å². The lowest BCUT2D eigenvalue weighted by atomic mass is 10.1. The van der Waals surface area contributed by atoms with Crippen LogP contribution in [0.5, 0.6) is 11.5 Å². The van der Waals surface area contributed by atoms with Crippen LogP contribution in [0.4, 0.5) is 0 Å². The van der Waals surface area contributed by atoms with Gasteiger partial charge >= 0.3 is 0 Å². The maximum absolute atomic E-state index is 11.3. The fourth-order valence-corrected chi connectivity index (χ4v) is 2.74. The molecule has 152 valence electrons. The minimum atomic E-state index is -0.738. The summed E-state index contributed by atoms with van der Waals surface area (Å²) >= 11 is 0. The first-order valence-electron chi connectivity index (χ1n) is 9.13. The van der Waals surface area contributed by atoms with Gasteiger partial charge in [0.15, 0.2) is 11.5 Å².